The quantitative estimate of drug-likeness (QED) is 0.424. The lowest BCUT2D eigenvalue weighted by Crippen LogP contribution is -2.46. The zero-order valence-corrected chi connectivity index (χ0v) is 16.5. The highest BCUT2D eigenvalue weighted by molar-refractivity contribution is 14.0. The number of piperidine rings is 1. The fourth-order valence-corrected chi connectivity index (χ4v) is 3.28. The number of aliphatic hydroxyl groups is 1. The van der Waals surface area contributed by atoms with Gasteiger partial charge in [0.1, 0.15) is 5.82 Å². The van der Waals surface area contributed by atoms with Gasteiger partial charge in [0.15, 0.2) is 5.96 Å². The van der Waals surface area contributed by atoms with Gasteiger partial charge in [0.05, 0.1) is 12.6 Å². The van der Waals surface area contributed by atoms with E-state index >= 15 is 0 Å². The molecule has 0 unspecified atom stereocenters. The Morgan fingerprint density at radius 2 is 2.00 bits per heavy atom. The van der Waals surface area contributed by atoms with E-state index in [1.54, 1.807) is 6.07 Å². The lowest BCUT2D eigenvalue weighted by molar-refractivity contribution is 0.108. The normalized spacial score (nSPS) is 20.5. The van der Waals surface area contributed by atoms with Crippen LogP contribution in [0.2, 0.25) is 0 Å². The van der Waals surface area contributed by atoms with Crippen molar-refractivity contribution in [2.45, 2.75) is 44.1 Å². The molecule has 6 heteroatoms. The Morgan fingerprint density at radius 3 is 2.58 bits per heavy atom. The van der Waals surface area contributed by atoms with Gasteiger partial charge in [-0.1, -0.05) is 18.2 Å². The van der Waals surface area contributed by atoms with Crippen LogP contribution in [0.3, 0.4) is 0 Å². The molecule has 1 saturated heterocycles. The van der Waals surface area contributed by atoms with Gasteiger partial charge in [0.2, 0.25) is 0 Å². The maximum absolute atomic E-state index is 14.1. The van der Waals surface area contributed by atoms with E-state index in [2.05, 4.69) is 17.1 Å². The summed E-state index contributed by atoms with van der Waals surface area (Å²) in [5, 5.41) is 13.0. The van der Waals surface area contributed by atoms with Crippen molar-refractivity contribution in [3.8, 4) is 0 Å². The average molecular weight is 447 g/mol. The number of hydrogen-bond acceptors (Lipinski definition) is 2. The van der Waals surface area contributed by atoms with Crippen LogP contribution in [0, 0.1) is 5.82 Å². The fourth-order valence-electron chi connectivity index (χ4n) is 3.28. The first-order valence-corrected chi connectivity index (χ1v) is 8.61. The highest BCUT2D eigenvalue weighted by Gasteiger charge is 2.45. The molecule has 0 spiro atoms. The van der Waals surface area contributed by atoms with Crippen molar-refractivity contribution in [1.82, 2.24) is 10.2 Å². The molecule has 0 radical (unpaired) electrons. The molecule has 0 aromatic heterocycles. The van der Waals surface area contributed by atoms with Crippen LogP contribution in [0.4, 0.5) is 4.39 Å². The molecule has 24 heavy (non-hydrogen) atoms. The molecule has 1 saturated carbocycles. The summed E-state index contributed by atoms with van der Waals surface area (Å²) in [6.07, 6.45) is 3.36. The Kier molecular flexibility index (Phi) is 6.86. The molecule has 1 aromatic carbocycles. The second-order valence-corrected chi connectivity index (χ2v) is 6.65. The number of nitrogens with zero attached hydrogens (tertiary/aromatic N) is 2. The summed E-state index contributed by atoms with van der Waals surface area (Å²) in [5.74, 6) is 0.772. The highest BCUT2D eigenvalue weighted by Crippen LogP contribution is 2.49. The second kappa shape index (κ2) is 8.47. The molecule has 134 valence electrons. The van der Waals surface area contributed by atoms with E-state index in [-0.39, 0.29) is 41.3 Å². The standard InChI is InChI=1S/C18H26FN3O.HI/c1-2-20-17(22-11-7-14(23)8-12-22)21-13-18(9-10-18)15-5-3-4-6-16(15)19;/h3-6,14,23H,2,7-13H2,1H3,(H,20,21);1H. The second-order valence-electron chi connectivity index (χ2n) is 6.65. The highest BCUT2D eigenvalue weighted by atomic mass is 127. The molecule has 2 aliphatic rings. The van der Waals surface area contributed by atoms with Crippen molar-refractivity contribution in [2.24, 2.45) is 4.99 Å². The first-order valence-electron chi connectivity index (χ1n) is 8.61. The number of hydrogen-bond donors (Lipinski definition) is 2. The minimum atomic E-state index is -0.192. The van der Waals surface area contributed by atoms with Gasteiger partial charge in [0, 0.05) is 25.0 Å². The molecule has 1 aromatic rings. The first-order chi connectivity index (χ1) is 11.1. The zero-order chi connectivity index (χ0) is 16.3. The van der Waals surface area contributed by atoms with E-state index in [1.165, 1.54) is 6.07 Å². The van der Waals surface area contributed by atoms with Crippen molar-refractivity contribution >= 4 is 29.9 Å². The number of aliphatic imine (C=N–C) groups is 1. The van der Waals surface area contributed by atoms with Crippen molar-refractivity contribution < 1.29 is 9.50 Å². The van der Waals surface area contributed by atoms with E-state index in [4.69, 9.17) is 4.99 Å². The van der Waals surface area contributed by atoms with Gasteiger partial charge >= 0.3 is 0 Å². The van der Waals surface area contributed by atoms with Gasteiger partial charge in [0.25, 0.3) is 0 Å². The van der Waals surface area contributed by atoms with E-state index in [0.29, 0.717) is 6.54 Å². The van der Waals surface area contributed by atoms with Crippen LogP contribution in [0.15, 0.2) is 29.3 Å². The SMILES string of the molecule is CCNC(=NCC1(c2ccccc2F)CC1)N1CCC(O)CC1.I. The Bertz CT molecular complexity index is 569. The van der Waals surface area contributed by atoms with E-state index in [9.17, 15) is 9.50 Å². The minimum Gasteiger partial charge on any atom is -0.393 e. The molecular weight excluding hydrogens is 420 g/mol. The fraction of sp³-hybridized carbons (Fsp3) is 0.611. The molecule has 0 atom stereocenters. The first kappa shape index (κ1) is 19.4. The summed E-state index contributed by atoms with van der Waals surface area (Å²) in [6.45, 7) is 5.12. The van der Waals surface area contributed by atoms with Gasteiger partial charge in [-0.25, -0.2) is 4.39 Å². The van der Waals surface area contributed by atoms with Crippen LogP contribution < -0.4 is 5.32 Å². The number of likely N-dealkylation sites (tertiary alicyclic amines) is 1. The van der Waals surface area contributed by atoms with E-state index < -0.39 is 0 Å². The lowest BCUT2D eigenvalue weighted by atomic mass is 9.95. The largest absolute Gasteiger partial charge is 0.393 e. The molecule has 1 aliphatic heterocycles. The van der Waals surface area contributed by atoms with Crippen molar-refractivity contribution in [1.29, 1.82) is 0 Å². The maximum Gasteiger partial charge on any atom is 0.193 e. The third kappa shape index (κ3) is 4.39. The van der Waals surface area contributed by atoms with Gasteiger partial charge in [-0.15, -0.1) is 24.0 Å². The van der Waals surface area contributed by atoms with Crippen LogP contribution in [-0.4, -0.2) is 48.2 Å². The van der Waals surface area contributed by atoms with Gasteiger partial charge in [-0.2, -0.15) is 0 Å². The smallest absolute Gasteiger partial charge is 0.193 e. The monoisotopic (exact) mass is 447 g/mol. The average Bonchev–Trinajstić information content (AvgIpc) is 3.34. The third-order valence-electron chi connectivity index (χ3n) is 4.93. The minimum absolute atomic E-state index is 0. The predicted molar refractivity (Wildman–Crippen MR) is 106 cm³/mol. The summed E-state index contributed by atoms with van der Waals surface area (Å²) in [6, 6.07) is 7.07. The molecule has 1 aliphatic carbocycles. The maximum atomic E-state index is 14.1. The molecule has 0 bridgehead atoms. The van der Waals surface area contributed by atoms with Crippen molar-refractivity contribution in [3.63, 3.8) is 0 Å². The Hall–Kier alpha value is -0.890. The van der Waals surface area contributed by atoms with E-state index in [1.807, 2.05) is 12.1 Å². The summed E-state index contributed by atoms with van der Waals surface area (Å²) in [7, 11) is 0. The molecule has 2 fully saturated rings. The van der Waals surface area contributed by atoms with Crippen LogP contribution in [0.25, 0.3) is 0 Å². The number of rotatable bonds is 4. The van der Waals surface area contributed by atoms with Crippen molar-refractivity contribution in [2.75, 3.05) is 26.2 Å². The lowest BCUT2D eigenvalue weighted by Gasteiger charge is -2.32. The number of nitrogens with one attached hydrogen (secondary N) is 1. The van der Waals surface area contributed by atoms with Gasteiger partial charge < -0.3 is 15.3 Å². The Morgan fingerprint density at radius 1 is 1.33 bits per heavy atom. The number of aliphatic hydroxyl groups excluding tert-OH is 1. The summed E-state index contributed by atoms with van der Waals surface area (Å²) >= 11 is 0. The predicted octanol–water partition coefficient (Wildman–Crippen LogP) is 2.90. The number of guanidine groups is 1. The van der Waals surface area contributed by atoms with Crippen LogP contribution >= 0.6 is 24.0 Å². The molecular formula is C18H27FIN3O. The topological polar surface area (TPSA) is 47.9 Å². The molecule has 2 N–H and O–H groups in total. The summed E-state index contributed by atoms with van der Waals surface area (Å²) in [5.41, 5.74) is 0.676. The van der Waals surface area contributed by atoms with Crippen LogP contribution in [0.1, 0.15) is 38.2 Å². The molecule has 4 nitrogen and oxygen atoms in total. The van der Waals surface area contributed by atoms with Crippen LogP contribution in [-0.2, 0) is 5.41 Å². The molecule has 0 amide bonds. The van der Waals surface area contributed by atoms with Crippen molar-refractivity contribution in [3.05, 3.63) is 35.6 Å². The number of halogens is 2. The summed E-state index contributed by atoms with van der Waals surface area (Å²) < 4.78 is 14.1. The van der Waals surface area contributed by atoms with E-state index in [0.717, 1.165) is 56.8 Å². The third-order valence-corrected chi connectivity index (χ3v) is 4.93. The Labute approximate surface area is 160 Å². The zero-order valence-electron chi connectivity index (χ0n) is 14.2. The summed E-state index contributed by atoms with van der Waals surface area (Å²) in [4.78, 5) is 7.00. The Balaban J connectivity index is 0.00000208. The van der Waals surface area contributed by atoms with Gasteiger partial charge in [-0.05, 0) is 44.2 Å². The van der Waals surface area contributed by atoms with Gasteiger partial charge in [-0.3, -0.25) is 4.99 Å². The molecule has 1 heterocycles. The molecule has 3 rings (SSSR count). The number of benzene rings is 1. The van der Waals surface area contributed by atoms with Crippen LogP contribution in [0.5, 0.6) is 0 Å².